The van der Waals surface area contributed by atoms with Gasteiger partial charge < -0.3 is 15.2 Å². The van der Waals surface area contributed by atoms with Crippen LogP contribution in [-0.2, 0) is 0 Å². The third-order valence-electron chi connectivity index (χ3n) is 2.10. The van der Waals surface area contributed by atoms with Crippen molar-refractivity contribution < 1.29 is 14.3 Å². The van der Waals surface area contributed by atoms with Gasteiger partial charge in [-0.3, -0.25) is 0 Å². The number of nitrogens with zero attached hydrogens (tertiary/aromatic N) is 1. The molecule has 0 saturated carbocycles. The summed E-state index contributed by atoms with van der Waals surface area (Å²) < 4.78 is 11.3. The first-order chi connectivity index (χ1) is 9.38. The highest BCUT2D eigenvalue weighted by Gasteiger charge is 2.07. The van der Waals surface area contributed by atoms with Gasteiger partial charge in [-0.25, -0.2) is 10.2 Å². The molecule has 1 aromatic carbocycles. The van der Waals surface area contributed by atoms with Crippen molar-refractivity contribution in [2.45, 2.75) is 39.9 Å². The lowest BCUT2D eigenvalue weighted by Gasteiger charge is -2.15. The zero-order chi connectivity index (χ0) is 15.1. The summed E-state index contributed by atoms with van der Waals surface area (Å²) in [6.07, 6.45) is 1.57. The van der Waals surface area contributed by atoms with Crippen LogP contribution < -0.4 is 20.6 Å². The van der Waals surface area contributed by atoms with E-state index in [0.29, 0.717) is 5.75 Å². The van der Waals surface area contributed by atoms with E-state index in [1.165, 1.54) is 6.21 Å². The van der Waals surface area contributed by atoms with E-state index in [1.54, 1.807) is 6.07 Å². The zero-order valence-corrected chi connectivity index (χ0v) is 12.2. The minimum absolute atomic E-state index is 0.0144. The number of ether oxygens (including phenoxy) is 2. The van der Waals surface area contributed by atoms with Crippen molar-refractivity contribution in [1.29, 1.82) is 0 Å². The lowest BCUT2D eigenvalue weighted by Crippen LogP contribution is -2.24. The maximum Gasteiger partial charge on any atom is 0.332 e. The normalized spacial score (nSPS) is 11.1. The van der Waals surface area contributed by atoms with Crippen LogP contribution in [0.25, 0.3) is 0 Å². The van der Waals surface area contributed by atoms with Crippen molar-refractivity contribution in [3.63, 3.8) is 0 Å². The Bertz CT molecular complexity index is 485. The van der Waals surface area contributed by atoms with Crippen molar-refractivity contribution in [2.75, 3.05) is 0 Å². The van der Waals surface area contributed by atoms with Gasteiger partial charge in [0.25, 0.3) is 0 Å². The molecule has 0 saturated heterocycles. The van der Waals surface area contributed by atoms with Crippen LogP contribution in [0.2, 0.25) is 0 Å². The second kappa shape index (κ2) is 7.37. The molecular formula is C14H21N3O3. The highest BCUT2D eigenvalue weighted by Crippen LogP contribution is 2.25. The molecule has 6 nitrogen and oxygen atoms in total. The summed E-state index contributed by atoms with van der Waals surface area (Å²) in [7, 11) is 0. The molecule has 1 aromatic rings. The monoisotopic (exact) mass is 279 g/mol. The lowest BCUT2D eigenvalue weighted by atomic mass is 10.2. The predicted octanol–water partition coefficient (Wildman–Crippen LogP) is 2.26. The average molecular weight is 279 g/mol. The fourth-order valence-corrected chi connectivity index (χ4v) is 1.49. The van der Waals surface area contributed by atoms with Crippen molar-refractivity contribution in [3.05, 3.63) is 23.8 Å². The Hall–Kier alpha value is -2.24. The van der Waals surface area contributed by atoms with Gasteiger partial charge in [-0.05, 0) is 39.8 Å². The molecule has 6 heteroatoms. The van der Waals surface area contributed by atoms with E-state index in [2.05, 4.69) is 10.5 Å². The second-order valence-electron chi connectivity index (χ2n) is 4.77. The standard InChI is InChI=1S/C14H21N3O3/c1-9(2)19-12-6-5-11(8-16-17-14(15)18)13(7-12)20-10(3)4/h5-10H,1-4H3,(H3,15,17,18). The summed E-state index contributed by atoms with van der Waals surface area (Å²) in [5, 5.41) is 3.73. The van der Waals surface area contributed by atoms with Crippen molar-refractivity contribution in [1.82, 2.24) is 5.43 Å². The van der Waals surface area contributed by atoms with E-state index in [0.717, 1.165) is 11.3 Å². The first-order valence-electron chi connectivity index (χ1n) is 6.44. The second-order valence-corrected chi connectivity index (χ2v) is 4.77. The van der Waals surface area contributed by atoms with E-state index in [1.807, 2.05) is 39.8 Å². The molecule has 0 radical (unpaired) electrons. The van der Waals surface area contributed by atoms with Gasteiger partial charge >= 0.3 is 6.03 Å². The molecular weight excluding hydrogens is 258 g/mol. The third kappa shape index (κ3) is 5.60. The van der Waals surface area contributed by atoms with Gasteiger partial charge in [-0.2, -0.15) is 5.10 Å². The van der Waals surface area contributed by atoms with Crippen LogP contribution in [0.3, 0.4) is 0 Å². The van der Waals surface area contributed by atoms with E-state index in [-0.39, 0.29) is 12.2 Å². The molecule has 20 heavy (non-hydrogen) atoms. The molecule has 0 aliphatic rings. The van der Waals surface area contributed by atoms with Gasteiger partial charge in [0.05, 0.1) is 18.4 Å². The van der Waals surface area contributed by atoms with Crippen LogP contribution in [0.5, 0.6) is 11.5 Å². The summed E-state index contributed by atoms with van der Waals surface area (Å²) in [6.45, 7) is 7.77. The molecule has 0 fully saturated rings. The van der Waals surface area contributed by atoms with Crippen molar-refractivity contribution >= 4 is 12.2 Å². The number of carbonyl (C=O) groups excluding carboxylic acids is 1. The number of hydrogen-bond acceptors (Lipinski definition) is 4. The first-order valence-corrected chi connectivity index (χ1v) is 6.44. The minimum Gasteiger partial charge on any atom is -0.491 e. The number of hydrogen-bond donors (Lipinski definition) is 2. The molecule has 0 bridgehead atoms. The number of nitrogens with one attached hydrogen (secondary N) is 1. The Kier molecular flexibility index (Phi) is 5.83. The fraction of sp³-hybridized carbons (Fsp3) is 0.429. The summed E-state index contributed by atoms with van der Waals surface area (Å²) in [4.78, 5) is 10.6. The Morgan fingerprint density at radius 2 is 1.90 bits per heavy atom. The molecule has 0 atom stereocenters. The summed E-state index contributed by atoms with van der Waals surface area (Å²) in [5.74, 6) is 1.35. The maximum atomic E-state index is 10.6. The number of benzene rings is 1. The van der Waals surface area contributed by atoms with Crippen LogP contribution in [0.15, 0.2) is 23.3 Å². The molecule has 0 aliphatic heterocycles. The lowest BCUT2D eigenvalue weighted by molar-refractivity contribution is 0.229. The number of rotatable bonds is 6. The number of nitrogens with two attached hydrogens (primary N) is 1. The number of carbonyl (C=O) groups is 1. The van der Waals surface area contributed by atoms with Crippen LogP contribution in [-0.4, -0.2) is 24.5 Å². The van der Waals surface area contributed by atoms with E-state index < -0.39 is 6.03 Å². The maximum absolute atomic E-state index is 10.6. The molecule has 3 N–H and O–H groups in total. The quantitative estimate of drug-likeness (QED) is 0.618. The topological polar surface area (TPSA) is 85.9 Å². The Morgan fingerprint density at radius 1 is 1.25 bits per heavy atom. The average Bonchev–Trinajstić information content (AvgIpc) is 2.29. The van der Waals surface area contributed by atoms with Crippen LogP contribution in [0.4, 0.5) is 4.79 Å². The third-order valence-corrected chi connectivity index (χ3v) is 2.10. The molecule has 110 valence electrons. The highest BCUT2D eigenvalue weighted by molar-refractivity contribution is 5.85. The van der Waals surface area contributed by atoms with Gasteiger partial charge in [0.2, 0.25) is 0 Å². The SMILES string of the molecule is CC(C)Oc1ccc(C=NNC(N)=O)c(OC(C)C)c1. The predicted molar refractivity (Wildman–Crippen MR) is 78.3 cm³/mol. The molecule has 0 unspecified atom stereocenters. The van der Waals surface area contributed by atoms with Gasteiger partial charge in [0.15, 0.2) is 0 Å². The van der Waals surface area contributed by atoms with E-state index in [4.69, 9.17) is 15.2 Å². The van der Waals surface area contributed by atoms with Crippen LogP contribution >= 0.6 is 0 Å². The van der Waals surface area contributed by atoms with Crippen molar-refractivity contribution in [2.24, 2.45) is 10.8 Å². The number of urea groups is 1. The molecule has 0 heterocycles. The molecule has 0 aromatic heterocycles. The first kappa shape index (κ1) is 15.8. The molecule has 0 spiro atoms. The van der Waals surface area contributed by atoms with Gasteiger partial charge in [0.1, 0.15) is 11.5 Å². The highest BCUT2D eigenvalue weighted by atomic mass is 16.5. The zero-order valence-electron chi connectivity index (χ0n) is 12.2. The Balaban J connectivity index is 2.96. The van der Waals surface area contributed by atoms with E-state index >= 15 is 0 Å². The minimum atomic E-state index is -0.715. The van der Waals surface area contributed by atoms with Gasteiger partial charge in [-0.15, -0.1) is 0 Å². The van der Waals surface area contributed by atoms with Crippen molar-refractivity contribution in [3.8, 4) is 11.5 Å². The smallest absolute Gasteiger partial charge is 0.332 e. The summed E-state index contributed by atoms with van der Waals surface area (Å²) in [5.41, 5.74) is 7.81. The van der Waals surface area contributed by atoms with E-state index in [9.17, 15) is 4.79 Å². The number of hydrazone groups is 1. The number of primary amides is 1. The summed E-state index contributed by atoms with van der Waals surface area (Å²) >= 11 is 0. The van der Waals surface area contributed by atoms with Gasteiger partial charge in [0, 0.05) is 11.6 Å². The van der Waals surface area contributed by atoms with Crippen LogP contribution in [0.1, 0.15) is 33.3 Å². The largest absolute Gasteiger partial charge is 0.491 e. The summed E-state index contributed by atoms with van der Waals surface area (Å²) in [6, 6.07) is 4.71. The molecule has 1 rings (SSSR count). The number of amides is 2. The Labute approximate surface area is 118 Å². The van der Waals surface area contributed by atoms with Crippen LogP contribution in [0, 0.1) is 0 Å². The molecule has 2 amide bonds. The van der Waals surface area contributed by atoms with Gasteiger partial charge in [-0.1, -0.05) is 0 Å². The molecule has 0 aliphatic carbocycles. The Morgan fingerprint density at radius 3 is 2.45 bits per heavy atom. The fourth-order valence-electron chi connectivity index (χ4n) is 1.49.